The van der Waals surface area contributed by atoms with E-state index in [1.165, 1.54) is 11.8 Å². The molecule has 0 atom stereocenters. The third kappa shape index (κ3) is 4.18. The number of aryl methyl sites for hydroxylation is 1. The minimum Gasteiger partial charge on any atom is -0.483 e. The van der Waals surface area contributed by atoms with Crippen LogP contribution in [0.15, 0.2) is 45.0 Å². The first-order valence-corrected chi connectivity index (χ1v) is 9.22. The molecule has 2 heterocycles. The molecular weight excluding hydrogens is 383 g/mol. The molecule has 3 aromatic rings. The van der Waals surface area contributed by atoms with Gasteiger partial charge in [0, 0.05) is 0 Å². The van der Waals surface area contributed by atoms with Crippen LogP contribution in [0.3, 0.4) is 0 Å². The lowest BCUT2D eigenvalue weighted by atomic mass is 10.3. The molecule has 0 amide bonds. The van der Waals surface area contributed by atoms with Gasteiger partial charge in [0.05, 0.1) is 16.3 Å². The molecule has 9 heteroatoms. The smallest absolute Gasteiger partial charge is 0.211 e. The van der Waals surface area contributed by atoms with Crippen LogP contribution in [0.1, 0.15) is 17.3 Å². The van der Waals surface area contributed by atoms with Crippen LogP contribution in [0.5, 0.6) is 5.75 Å². The van der Waals surface area contributed by atoms with Crippen molar-refractivity contribution in [2.45, 2.75) is 18.7 Å². The van der Waals surface area contributed by atoms with Gasteiger partial charge in [0.2, 0.25) is 5.16 Å². The first-order valence-electron chi connectivity index (χ1n) is 7.24. The predicted octanol–water partition coefficient (Wildman–Crippen LogP) is 4.67. The van der Waals surface area contributed by atoms with Crippen molar-refractivity contribution >= 4 is 41.2 Å². The summed E-state index contributed by atoms with van der Waals surface area (Å²) in [4.78, 5) is 0. The van der Waals surface area contributed by atoms with Gasteiger partial charge < -0.3 is 9.15 Å². The lowest BCUT2D eigenvalue weighted by molar-refractivity contribution is 0.270. The van der Waals surface area contributed by atoms with Gasteiger partial charge >= 0.3 is 0 Å². The summed E-state index contributed by atoms with van der Waals surface area (Å²) in [5, 5.41) is 14.0. The molecule has 2 aromatic heterocycles. The van der Waals surface area contributed by atoms with Gasteiger partial charge in [-0.05, 0) is 37.4 Å². The van der Waals surface area contributed by atoms with Crippen LogP contribution in [0.2, 0.25) is 10.0 Å². The number of hydrogen-bond donors (Lipinski definition) is 0. The van der Waals surface area contributed by atoms with E-state index in [2.05, 4.69) is 15.3 Å². The maximum Gasteiger partial charge on any atom is 0.211 e. The Morgan fingerprint density at radius 1 is 1.24 bits per heavy atom. The summed E-state index contributed by atoms with van der Waals surface area (Å²) in [5.74, 6) is 2.35. The van der Waals surface area contributed by atoms with Crippen LogP contribution < -0.4 is 4.74 Å². The Hall–Kier alpha value is -1.96. The molecule has 6 nitrogen and oxygen atoms in total. The summed E-state index contributed by atoms with van der Waals surface area (Å²) >= 11 is 13.6. The van der Waals surface area contributed by atoms with Crippen LogP contribution in [-0.4, -0.2) is 27.3 Å². The van der Waals surface area contributed by atoms with E-state index in [4.69, 9.17) is 32.4 Å². The summed E-state index contributed by atoms with van der Waals surface area (Å²) < 4.78 is 13.0. The quantitative estimate of drug-likeness (QED) is 0.447. The van der Waals surface area contributed by atoms with Crippen molar-refractivity contribution < 1.29 is 9.15 Å². The molecule has 0 saturated carbocycles. The molecule has 3 rings (SSSR count). The molecule has 25 heavy (non-hydrogen) atoms. The average Bonchev–Trinajstić information content (AvgIpc) is 3.19. The number of rotatable bonds is 6. The van der Waals surface area contributed by atoms with Crippen LogP contribution in [0.25, 0.3) is 0 Å². The molecule has 0 aliphatic heterocycles. The maximum atomic E-state index is 6.07. The van der Waals surface area contributed by atoms with E-state index < -0.39 is 0 Å². The van der Waals surface area contributed by atoms with Crippen LogP contribution in [0, 0.1) is 6.92 Å². The molecule has 0 aliphatic carbocycles. The van der Waals surface area contributed by atoms with Crippen molar-refractivity contribution in [2.75, 3.05) is 6.26 Å². The number of nitrogens with zero attached hydrogens (tertiary/aromatic N) is 4. The van der Waals surface area contributed by atoms with Crippen molar-refractivity contribution in [3.05, 3.63) is 57.7 Å². The van der Waals surface area contributed by atoms with E-state index in [9.17, 15) is 0 Å². The molecule has 0 N–H and O–H groups in total. The molecule has 0 spiro atoms. The van der Waals surface area contributed by atoms with Gasteiger partial charge in [0.25, 0.3) is 0 Å². The Kier molecular flexibility index (Phi) is 5.67. The summed E-state index contributed by atoms with van der Waals surface area (Å²) in [7, 11) is 0. The molecule has 0 fully saturated rings. The molecule has 1 aromatic carbocycles. The topological polar surface area (TPSA) is 65.4 Å². The number of ether oxygens (including phenoxy) is 1. The zero-order valence-corrected chi connectivity index (χ0v) is 15.8. The number of halogens is 2. The first-order chi connectivity index (χ1) is 12.1. The van der Waals surface area contributed by atoms with Gasteiger partial charge in [0.15, 0.2) is 11.6 Å². The van der Waals surface area contributed by atoms with Crippen molar-refractivity contribution in [2.24, 2.45) is 5.10 Å². The number of benzene rings is 1. The summed E-state index contributed by atoms with van der Waals surface area (Å²) in [6, 6.07) is 8.80. The van der Waals surface area contributed by atoms with Crippen molar-refractivity contribution in [1.82, 2.24) is 14.9 Å². The lowest BCUT2D eigenvalue weighted by Crippen LogP contribution is -1.96. The van der Waals surface area contributed by atoms with E-state index in [0.717, 1.165) is 0 Å². The van der Waals surface area contributed by atoms with Gasteiger partial charge in [0.1, 0.15) is 18.1 Å². The van der Waals surface area contributed by atoms with E-state index >= 15 is 0 Å². The second-order valence-corrected chi connectivity index (χ2v) is 6.52. The van der Waals surface area contributed by atoms with Gasteiger partial charge in [-0.1, -0.05) is 41.0 Å². The zero-order chi connectivity index (χ0) is 17.8. The lowest BCUT2D eigenvalue weighted by Gasteiger charge is -2.07. The molecule has 0 saturated heterocycles. The normalized spacial score (nSPS) is 11.4. The summed E-state index contributed by atoms with van der Waals surface area (Å²) in [6.07, 6.45) is 3.51. The molecule has 0 unspecified atom stereocenters. The predicted molar refractivity (Wildman–Crippen MR) is 99.0 cm³/mol. The van der Waals surface area contributed by atoms with Crippen LogP contribution in [0.4, 0.5) is 0 Å². The zero-order valence-electron chi connectivity index (χ0n) is 13.4. The number of hydrogen-bond acceptors (Lipinski definition) is 6. The molecular formula is C16H14Cl2N4O2S. The highest BCUT2D eigenvalue weighted by Crippen LogP contribution is 2.33. The number of aromatic nitrogens is 3. The number of furan rings is 1. The Bertz CT molecular complexity index is 887. The molecule has 0 aliphatic rings. The maximum absolute atomic E-state index is 6.07. The molecule has 130 valence electrons. The van der Waals surface area contributed by atoms with Gasteiger partial charge in [-0.15, -0.1) is 10.2 Å². The second-order valence-electron chi connectivity index (χ2n) is 4.93. The van der Waals surface area contributed by atoms with Crippen molar-refractivity contribution in [3.8, 4) is 5.75 Å². The molecule has 0 radical (unpaired) electrons. The highest BCUT2D eigenvalue weighted by Gasteiger charge is 2.09. The first kappa shape index (κ1) is 17.8. The largest absolute Gasteiger partial charge is 0.483 e. The van der Waals surface area contributed by atoms with Crippen LogP contribution in [-0.2, 0) is 6.61 Å². The van der Waals surface area contributed by atoms with Gasteiger partial charge in [-0.25, -0.2) is 0 Å². The summed E-state index contributed by atoms with van der Waals surface area (Å²) in [6.45, 7) is 2.04. The minimum absolute atomic E-state index is 0.207. The molecule has 0 bridgehead atoms. The van der Waals surface area contributed by atoms with Crippen LogP contribution >= 0.6 is 35.0 Å². The van der Waals surface area contributed by atoms with E-state index in [1.54, 1.807) is 41.2 Å². The fourth-order valence-electron chi connectivity index (χ4n) is 2.02. The Balaban J connectivity index is 1.68. The highest BCUT2D eigenvalue weighted by atomic mass is 35.5. The highest BCUT2D eigenvalue weighted by molar-refractivity contribution is 7.98. The fourth-order valence-corrected chi connectivity index (χ4v) is 3.00. The van der Waals surface area contributed by atoms with E-state index in [1.807, 2.05) is 13.2 Å². The number of thioether (sulfide) groups is 1. The Labute approximate surface area is 158 Å². The Morgan fingerprint density at radius 3 is 2.72 bits per heavy atom. The minimum atomic E-state index is 0.207. The van der Waals surface area contributed by atoms with Crippen molar-refractivity contribution in [1.29, 1.82) is 0 Å². The van der Waals surface area contributed by atoms with Gasteiger partial charge in [-0.3, -0.25) is 0 Å². The SMILES string of the molecule is CSc1nnc(C)n1/N=C\c1ccc(COc2c(Cl)cccc2Cl)o1. The van der Waals surface area contributed by atoms with E-state index in [0.29, 0.717) is 38.3 Å². The number of para-hydroxylation sites is 1. The summed E-state index contributed by atoms with van der Waals surface area (Å²) in [5.41, 5.74) is 0. The van der Waals surface area contributed by atoms with Crippen molar-refractivity contribution in [3.63, 3.8) is 0 Å². The third-order valence-corrected chi connectivity index (χ3v) is 4.43. The Morgan fingerprint density at radius 2 is 2.00 bits per heavy atom. The average molecular weight is 397 g/mol. The third-order valence-electron chi connectivity index (χ3n) is 3.21. The standard InChI is InChI=1S/C16H14Cl2N4O2S/c1-10-20-21-16(25-2)22(10)19-8-11-6-7-12(24-11)9-23-15-13(17)4-3-5-14(15)18/h3-8H,9H2,1-2H3/b19-8-. The second kappa shape index (κ2) is 7.95. The fraction of sp³-hybridized carbons (Fsp3) is 0.188. The van der Waals surface area contributed by atoms with E-state index in [-0.39, 0.29) is 6.61 Å². The van der Waals surface area contributed by atoms with Gasteiger partial charge in [-0.2, -0.15) is 9.78 Å². The monoisotopic (exact) mass is 396 g/mol.